The topological polar surface area (TPSA) is 122 Å². The molecule has 9 nitrogen and oxygen atoms in total. The van der Waals surface area contributed by atoms with Gasteiger partial charge in [-0.1, -0.05) is 44.2 Å². The average molecular weight is 493 g/mol. The molecule has 3 aliphatic rings. The van der Waals surface area contributed by atoms with Gasteiger partial charge in [-0.3, -0.25) is 4.79 Å². The van der Waals surface area contributed by atoms with Gasteiger partial charge in [0, 0.05) is 35.0 Å². The highest BCUT2D eigenvalue weighted by molar-refractivity contribution is 6.04. The largest absolute Gasteiger partial charge is 0.595 e. The summed E-state index contributed by atoms with van der Waals surface area (Å²) in [5, 5.41) is 24.5. The Hall–Kier alpha value is -3.66. The molecule has 2 aliphatic heterocycles. The Morgan fingerprint density at radius 2 is 1.89 bits per heavy atom. The number of ether oxygens (including phenoxy) is 3. The summed E-state index contributed by atoms with van der Waals surface area (Å²) in [4.78, 5) is 27.1. The van der Waals surface area contributed by atoms with E-state index in [2.05, 4.69) is 5.32 Å². The number of hydrogen-bond acceptors (Lipinski definition) is 8. The van der Waals surface area contributed by atoms with E-state index in [1.165, 1.54) is 6.07 Å². The minimum absolute atomic E-state index is 0.0357. The van der Waals surface area contributed by atoms with E-state index in [1.54, 1.807) is 13.0 Å². The van der Waals surface area contributed by atoms with Crippen LogP contribution in [-0.4, -0.2) is 23.8 Å². The zero-order valence-corrected chi connectivity index (χ0v) is 20.3. The molecule has 2 aromatic carbocycles. The molecule has 2 unspecified atom stereocenters. The summed E-state index contributed by atoms with van der Waals surface area (Å²) >= 11 is 0. The lowest BCUT2D eigenvalue weighted by molar-refractivity contribution is -0.991. The predicted octanol–water partition coefficient (Wildman–Crippen LogP) is 3.17. The maximum absolute atomic E-state index is 13.5. The zero-order chi connectivity index (χ0) is 25.6. The number of quaternary nitrogens is 1. The molecule has 1 aliphatic carbocycles. The SMILES string of the molecule is CC1=C(C(=O)OCc2ccccc2)C(c2cc3c(cc2[NH+]([O-])O)OCO3)C2=C(CC(C)(C)CC2=O)N1. The van der Waals surface area contributed by atoms with Gasteiger partial charge in [0.05, 0.1) is 11.5 Å². The molecule has 0 bridgehead atoms. The number of benzene rings is 2. The number of rotatable bonds is 5. The number of fused-ring (bicyclic) bond motifs is 1. The first-order chi connectivity index (χ1) is 17.1. The second kappa shape index (κ2) is 9.09. The molecule has 9 heteroatoms. The van der Waals surface area contributed by atoms with Gasteiger partial charge < -0.3 is 24.7 Å². The summed E-state index contributed by atoms with van der Waals surface area (Å²) < 4.78 is 16.6. The third-order valence-electron chi connectivity index (χ3n) is 6.76. The standard InChI is InChI=1S/C27H28N2O7/c1-15-23(26(31)34-13-16-7-5-4-6-8-16)24(25-18(28-15)11-27(2,3)12-20(25)30)17-9-21-22(36-14-35-21)10-19(17)29(32)33/h4-10,24,28-29,32H,11-14H2,1-3H3. The fourth-order valence-electron chi connectivity index (χ4n) is 5.20. The molecule has 2 atom stereocenters. The number of allylic oxidation sites excluding steroid dienone is 3. The normalized spacial score (nSPS) is 21.1. The molecule has 0 saturated carbocycles. The van der Waals surface area contributed by atoms with E-state index in [-0.39, 0.29) is 42.3 Å². The van der Waals surface area contributed by atoms with Gasteiger partial charge in [-0.2, -0.15) is 5.23 Å². The molecule has 2 aromatic rings. The molecule has 0 amide bonds. The van der Waals surface area contributed by atoms with Gasteiger partial charge in [-0.05, 0) is 30.4 Å². The highest BCUT2D eigenvalue weighted by Crippen LogP contribution is 2.50. The van der Waals surface area contributed by atoms with Gasteiger partial charge in [0.2, 0.25) is 6.79 Å². The quantitative estimate of drug-likeness (QED) is 0.430. The minimum atomic E-state index is -1.19. The number of hydrogen-bond donors (Lipinski definition) is 3. The number of dihydropyridines is 1. The Labute approximate surface area is 208 Å². The number of carbonyl (C=O) groups is 2. The second-order valence-electron chi connectivity index (χ2n) is 10.1. The zero-order valence-electron chi connectivity index (χ0n) is 20.3. The number of esters is 1. The predicted molar refractivity (Wildman–Crippen MR) is 128 cm³/mol. The average Bonchev–Trinajstić information content (AvgIpc) is 3.28. The summed E-state index contributed by atoms with van der Waals surface area (Å²) in [7, 11) is 0. The summed E-state index contributed by atoms with van der Waals surface area (Å²) in [5.41, 5.74) is 2.60. The van der Waals surface area contributed by atoms with Crippen LogP contribution in [-0.2, 0) is 20.9 Å². The number of carbonyl (C=O) groups excluding carboxylic acids is 2. The summed E-state index contributed by atoms with van der Waals surface area (Å²) in [6, 6.07) is 12.2. The van der Waals surface area contributed by atoms with Crippen LogP contribution in [0, 0.1) is 10.6 Å². The van der Waals surface area contributed by atoms with Crippen LogP contribution < -0.4 is 20.0 Å². The third kappa shape index (κ3) is 4.37. The van der Waals surface area contributed by atoms with E-state index in [4.69, 9.17) is 14.2 Å². The van der Waals surface area contributed by atoms with E-state index in [0.717, 1.165) is 5.56 Å². The molecule has 36 heavy (non-hydrogen) atoms. The van der Waals surface area contributed by atoms with Crippen LogP contribution in [0.4, 0.5) is 5.69 Å². The van der Waals surface area contributed by atoms with Crippen LogP contribution in [0.5, 0.6) is 11.5 Å². The van der Waals surface area contributed by atoms with Gasteiger partial charge in [-0.15, -0.1) is 0 Å². The van der Waals surface area contributed by atoms with E-state index >= 15 is 0 Å². The lowest BCUT2D eigenvalue weighted by Gasteiger charge is -2.39. The van der Waals surface area contributed by atoms with Gasteiger partial charge in [0.15, 0.2) is 23.0 Å². The Morgan fingerprint density at radius 3 is 2.58 bits per heavy atom. The molecule has 0 aromatic heterocycles. The fourth-order valence-corrected chi connectivity index (χ4v) is 5.20. The first kappa shape index (κ1) is 24.1. The van der Waals surface area contributed by atoms with Gasteiger partial charge in [0.1, 0.15) is 6.61 Å². The van der Waals surface area contributed by atoms with Crippen LogP contribution in [0.15, 0.2) is 65.0 Å². The van der Waals surface area contributed by atoms with Crippen LogP contribution in [0.1, 0.15) is 50.7 Å². The smallest absolute Gasteiger partial charge is 0.337 e. The van der Waals surface area contributed by atoms with Crippen molar-refractivity contribution in [3.8, 4) is 11.5 Å². The van der Waals surface area contributed by atoms with Gasteiger partial charge in [0.25, 0.3) is 0 Å². The van der Waals surface area contributed by atoms with E-state index in [1.807, 2.05) is 44.2 Å². The summed E-state index contributed by atoms with van der Waals surface area (Å²) in [6.45, 7) is 5.78. The summed E-state index contributed by atoms with van der Waals surface area (Å²) in [5.74, 6) is -0.993. The first-order valence-corrected chi connectivity index (χ1v) is 11.8. The van der Waals surface area contributed by atoms with Crippen molar-refractivity contribution in [1.29, 1.82) is 0 Å². The highest BCUT2D eigenvalue weighted by atomic mass is 16.8. The van der Waals surface area contributed by atoms with Crippen molar-refractivity contribution >= 4 is 17.4 Å². The van der Waals surface area contributed by atoms with Crippen molar-refractivity contribution in [2.75, 3.05) is 6.79 Å². The minimum Gasteiger partial charge on any atom is -0.595 e. The fraction of sp³-hybridized carbons (Fsp3) is 0.333. The van der Waals surface area contributed by atoms with Gasteiger partial charge >= 0.3 is 5.97 Å². The van der Waals surface area contributed by atoms with E-state index < -0.39 is 17.1 Å². The summed E-state index contributed by atoms with van der Waals surface area (Å²) in [6.07, 6.45) is 0.865. The van der Waals surface area contributed by atoms with Crippen LogP contribution in [0.25, 0.3) is 0 Å². The lowest BCUT2D eigenvalue weighted by atomic mass is 9.68. The highest BCUT2D eigenvalue weighted by Gasteiger charge is 2.45. The van der Waals surface area contributed by atoms with Crippen molar-refractivity contribution in [2.24, 2.45) is 5.41 Å². The van der Waals surface area contributed by atoms with E-state index in [9.17, 15) is 20.0 Å². The Bertz CT molecular complexity index is 1290. The Balaban J connectivity index is 1.63. The van der Waals surface area contributed by atoms with Crippen LogP contribution in [0.2, 0.25) is 0 Å². The van der Waals surface area contributed by atoms with Crippen molar-refractivity contribution in [1.82, 2.24) is 5.32 Å². The first-order valence-electron chi connectivity index (χ1n) is 11.8. The maximum Gasteiger partial charge on any atom is 0.337 e. The Kier molecular flexibility index (Phi) is 6.07. The molecule has 0 fully saturated rings. The van der Waals surface area contributed by atoms with Crippen molar-refractivity contribution < 1.29 is 34.2 Å². The number of ketones is 1. The molecule has 0 saturated heterocycles. The van der Waals surface area contributed by atoms with Crippen LogP contribution in [0.3, 0.4) is 0 Å². The maximum atomic E-state index is 13.5. The number of Topliss-reactive ketones (excluding diaryl/α,β-unsaturated/α-hetero) is 1. The molecule has 0 radical (unpaired) electrons. The molecule has 5 rings (SSSR count). The molecule has 0 spiro atoms. The number of nitrogens with one attached hydrogen (secondary N) is 2. The molecular formula is C27H28N2O7. The van der Waals surface area contributed by atoms with Crippen molar-refractivity contribution in [2.45, 2.75) is 46.1 Å². The van der Waals surface area contributed by atoms with E-state index in [0.29, 0.717) is 40.5 Å². The van der Waals surface area contributed by atoms with Crippen LogP contribution >= 0.6 is 0 Å². The Morgan fingerprint density at radius 1 is 1.19 bits per heavy atom. The second-order valence-corrected chi connectivity index (χ2v) is 10.1. The van der Waals surface area contributed by atoms with Crippen molar-refractivity contribution in [3.63, 3.8) is 0 Å². The monoisotopic (exact) mass is 492 g/mol. The van der Waals surface area contributed by atoms with Gasteiger partial charge in [-0.25, -0.2) is 10.0 Å². The molecule has 188 valence electrons. The molecule has 2 heterocycles. The third-order valence-corrected chi connectivity index (χ3v) is 6.76. The molecular weight excluding hydrogens is 464 g/mol. The molecule has 3 N–H and O–H groups in total. The van der Waals surface area contributed by atoms with Crippen molar-refractivity contribution in [3.05, 3.63) is 81.3 Å². The lowest BCUT2D eigenvalue weighted by Crippen LogP contribution is -2.99.